The van der Waals surface area contributed by atoms with Crippen molar-refractivity contribution in [2.75, 3.05) is 20.3 Å². The van der Waals surface area contributed by atoms with E-state index in [1.165, 1.54) is 13.2 Å². The summed E-state index contributed by atoms with van der Waals surface area (Å²) in [5, 5.41) is 2.99. The molecule has 4 nitrogen and oxygen atoms in total. The fraction of sp³-hybridized carbons (Fsp3) is 0.462. The summed E-state index contributed by atoms with van der Waals surface area (Å²) in [7, 11) is 1.34. The number of para-hydroxylation sites is 1. The van der Waals surface area contributed by atoms with Crippen molar-refractivity contribution in [1.29, 1.82) is 0 Å². The molecule has 0 saturated carbocycles. The van der Waals surface area contributed by atoms with Crippen molar-refractivity contribution in [3.05, 3.63) is 30.1 Å². The van der Waals surface area contributed by atoms with Crippen LogP contribution in [0.2, 0.25) is 0 Å². The van der Waals surface area contributed by atoms with E-state index in [4.69, 9.17) is 4.74 Å². The first-order valence-corrected chi connectivity index (χ1v) is 5.87. The van der Waals surface area contributed by atoms with Crippen molar-refractivity contribution < 1.29 is 18.7 Å². The minimum atomic E-state index is -0.424. The van der Waals surface area contributed by atoms with Crippen LogP contribution in [0.5, 0.6) is 5.75 Å². The number of hydrogen-bond donors (Lipinski definition) is 1. The van der Waals surface area contributed by atoms with Crippen molar-refractivity contribution in [3.8, 4) is 5.75 Å². The van der Waals surface area contributed by atoms with E-state index < -0.39 is 11.9 Å². The maximum atomic E-state index is 13.3. The van der Waals surface area contributed by atoms with Gasteiger partial charge in [0.25, 0.3) is 0 Å². The molecule has 0 aromatic heterocycles. The Balaban J connectivity index is 2.44. The molecule has 100 valence electrons. The van der Waals surface area contributed by atoms with E-state index in [-0.39, 0.29) is 18.3 Å². The summed E-state index contributed by atoms with van der Waals surface area (Å²) in [5.41, 5.74) is 0. The molecule has 1 aromatic rings. The summed E-state index contributed by atoms with van der Waals surface area (Å²) >= 11 is 0. The van der Waals surface area contributed by atoms with Crippen molar-refractivity contribution >= 4 is 5.97 Å². The van der Waals surface area contributed by atoms with Gasteiger partial charge in [0.2, 0.25) is 0 Å². The third-order valence-corrected chi connectivity index (χ3v) is 2.44. The number of benzene rings is 1. The molecule has 0 saturated heterocycles. The molecule has 0 radical (unpaired) electrons. The van der Waals surface area contributed by atoms with Gasteiger partial charge in [0.1, 0.15) is 6.04 Å². The second-order valence-corrected chi connectivity index (χ2v) is 3.70. The normalized spacial score (nSPS) is 11.9. The first-order chi connectivity index (χ1) is 8.69. The molecule has 0 spiro atoms. The maximum absolute atomic E-state index is 13.3. The highest BCUT2D eigenvalue weighted by molar-refractivity contribution is 5.75. The van der Waals surface area contributed by atoms with Crippen molar-refractivity contribution in [2.45, 2.75) is 19.4 Å². The lowest BCUT2D eigenvalue weighted by Crippen LogP contribution is -2.38. The first kappa shape index (κ1) is 14.4. The molecule has 0 aliphatic carbocycles. The zero-order valence-corrected chi connectivity index (χ0v) is 10.6. The zero-order chi connectivity index (χ0) is 13.4. The molecule has 0 fully saturated rings. The molecule has 0 aliphatic heterocycles. The lowest BCUT2D eigenvalue weighted by atomic mass is 10.2. The number of halogens is 1. The van der Waals surface area contributed by atoms with Crippen LogP contribution < -0.4 is 10.1 Å². The lowest BCUT2D eigenvalue weighted by Gasteiger charge is -2.15. The van der Waals surface area contributed by atoms with Gasteiger partial charge in [-0.3, -0.25) is 4.79 Å². The molecule has 1 N–H and O–H groups in total. The van der Waals surface area contributed by atoms with Crippen LogP contribution in [0.3, 0.4) is 0 Å². The molecule has 18 heavy (non-hydrogen) atoms. The Morgan fingerprint density at radius 2 is 2.17 bits per heavy atom. The third kappa shape index (κ3) is 4.33. The number of likely N-dealkylation sites (N-methyl/N-ethyl adjacent to an activating group) is 1. The van der Waals surface area contributed by atoms with Gasteiger partial charge < -0.3 is 14.8 Å². The van der Waals surface area contributed by atoms with Crippen LogP contribution in [0.1, 0.15) is 13.3 Å². The first-order valence-electron chi connectivity index (χ1n) is 5.87. The fourth-order valence-electron chi connectivity index (χ4n) is 1.54. The Hall–Kier alpha value is -1.62. The topological polar surface area (TPSA) is 47.6 Å². The van der Waals surface area contributed by atoms with Gasteiger partial charge in [0.15, 0.2) is 11.6 Å². The van der Waals surface area contributed by atoms with E-state index in [9.17, 15) is 9.18 Å². The highest BCUT2D eigenvalue weighted by atomic mass is 19.1. The number of methoxy groups -OCH3 is 1. The number of carbonyl (C=O) groups is 1. The number of carbonyl (C=O) groups excluding carboxylic acids is 1. The third-order valence-electron chi connectivity index (χ3n) is 2.44. The molecular formula is C13H18FNO3. The van der Waals surface area contributed by atoms with Crippen LogP contribution in [0.4, 0.5) is 4.39 Å². The predicted molar refractivity (Wildman–Crippen MR) is 66.0 cm³/mol. The number of esters is 1. The fourth-order valence-corrected chi connectivity index (χ4v) is 1.54. The van der Waals surface area contributed by atoms with Crippen LogP contribution in [-0.4, -0.2) is 32.3 Å². The van der Waals surface area contributed by atoms with Crippen LogP contribution in [-0.2, 0) is 9.53 Å². The van der Waals surface area contributed by atoms with Gasteiger partial charge in [0, 0.05) is 6.42 Å². The Labute approximate surface area is 106 Å². The predicted octanol–water partition coefficient (Wildman–Crippen LogP) is 1.75. The van der Waals surface area contributed by atoms with Crippen LogP contribution in [0.15, 0.2) is 24.3 Å². The van der Waals surface area contributed by atoms with Crippen LogP contribution in [0, 0.1) is 5.82 Å². The summed E-state index contributed by atoms with van der Waals surface area (Å²) in [6.45, 7) is 2.79. The highest BCUT2D eigenvalue weighted by Crippen LogP contribution is 2.15. The smallest absolute Gasteiger partial charge is 0.322 e. The summed E-state index contributed by atoms with van der Waals surface area (Å²) in [6.07, 6.45) is 0.425. The van der Waals surface area contributed by atoms with E-state index in [2.05, 4.69) is 10.1 Å². The Kier molecular flexibility index (Phi) is 6.14. The van der Waals surface area contributed by atoms with E-state index in [1.807, 2.05) is 6.92 Å². The largest absolute Gasteiger partial charge is 0.490 e. The van der Waals surface area contributed by atoms with Gasteiger partial charge in [-0.1, -0.05) is 19.1 Å². The van der Waals surface area contributed by atoms with Crippen LogP contribution in [0.25, 0.3) is 0 Å². The standard InChI is InChI=1S/C13H18FNO3/c1-3-15-11(13(16)17-2)8-9-18-12-7-5-4-6-10(12)14/h4-7,11,15H,3,8-9H2,1-2H3. The Morgan fingerprint density at radius 1 is 1.44 bits per heavy atom. The minimum Gasteiger partial charge on any atom is -0.490 e. The molecule has 0 aliphatic rings. The highest BCUT2D eigenvalue weighted by Gasteiger charge is 2.17. The van der Waals surface area contributed by atoms with Crippen molar-refractivity contribution in [2.24, 2.45) is 0 Å². The lowest BCUT2D eigenvalue weighted by molar-refractivity contribution is -0.143. The average Bonchev–Trinajstić information content (AvgIpc) is 2.39. The summed E-state index contributed by atoms with van der Waals surface area (Å²) in [4.78, 5) is 11.4. The molecular weight excluding hydrogens is 237 g/mol. The molecule has 1 atom stereocenters. The maximum Gasteiger partial charge on any atom is 0.322 e. The van der Waals surface area contributed by atoms with Gasteiger partial charge in [-0.25, -0.2) is 4.39 Å². The summed E-state index contributed by atoms with van der Waals surface area (Å²) in [6, 6.07) is 5.75. The Bertz CT molecular complexity index is 384. The average molecular weight is 255 g/mol. The molecule has 1 rings (SSSR count). The number of nitrogens with one attached hydrogen (secondary N) is 1. The van der Waals surface area contributed by atoms with E-state index in [0.717, 1.165) is 0 Å². The van der Waals surface area contributed by atoms with Gasteiger partial charge in [-0.15, -0.1) is 0 Å². The van der Waals surface area contributed by atoms with Crippen molar-refractivity contribution in [3.63, 3.8) is 0 Å². The molecule has 1 aromatic carbocycles. The molecule has 0 amide bonds. The molecule has 0 heterocycles. The summed E-state index contributed by atoms with van der Waals surface area (Å²) in [5.74, 6) is -0.554. The van der Waals surface area contributed by atoms with Gasteiger partial charge >= 0.3 is 5.97 Å². The second kappa shape index (κ2) is 7.66. The number of hydrogen-bond acceptors (Lipinski definition) is 4. The van der Waals surface area contributed by atoms with Gasteiger partial charge in [-0.05, 0) is 18.7 Å². The SMILES string of the molecule is CCNC(CCOc1ccccc1F)C(=O)OC. The van der Waals surface area contributed by atoms with E-state index in [0.29, 0.717) is 13.0 Å². The molecule has 5 heteroatoms. The van der Waals surface area contributed by atoms with Crippen LogP contribution >= 0.6 is 0 Å². The van der Waals surface area contributed by atoms with E-state index in [1.54, 1.807) is 18.2 Å². The molecule has 0 bridgehead atoms. The monoisotopic (exact) mass is 255 g/mol. The van der Waals surface area contributed by atoms with Gasteiger partial charge in [0.05, 0.1) is 13.7 Å². The second-order valence-electron chi connectivity index (χ2n) is 3.70. The number of rotatable bonds is 7. The van der Waals surface area contributed by atoms with E-state index >= 15 is 0 Å². The quantitative estimate of drug-likeness (QED) is 0.754. The zero-order valence-electron chi connectivity index (χ0n) is 10.6. The molecule has 1 unspecified atom stereocenters. The minimum absolute atomic E-state index is 0.192. The van der Waals surface area contributed by atoms with Gasteiger partial charge in [-0.2, -0.15) is 0 Å². The Morgan fingerprint density at radius 3 is 2.78 bits per heavy atom. The number of ether oxygens (including phenoxy) is 2. The van der Waals surface area contributed by atoms with Crippen molar-refractivity contribution in [1.82, 2.24) is 5.32 Å². The summed E-state index contributed by atoms with van der Waals surface area (Å²) < 4.78 is 23.2.